The number of anilines is 1. The maximum Gasteiger partial charge on any atom is 0.586 e. The van der Waals surface area contributed by atoms with Crippen molar-refractivity contribution < 1.29 is 23.0 Å². The van der Waals surface area contributed by atoms with Crippen LogP contribution in [0.4, 0.5) is 14.5 Å². The number of likely N-dealkylation sites (N-methyl/N-ethyl adjacent to an activating group) is 1. The average molecular weight is 543 g/mol. The number of hydrogen-bond donors (Lipinski definition) is 2. The zero-order valence-corrected chi connectivity index (χ0v) is 20.9. The molecule has 0 aliphatic carbocycles. The number of aromatic nitrogens is 5. The summed E-state index contributed by atoms with van der Waals surface area (Å²) in [5.41, 5.74) is 3.51. The van der Waals surface area contributed by atoms with Gasteiger partial charge in [0.1, 0.15) is 12.2 Å². The molecule has 3 aromatic heterocycles. The summed E-state index contributed by atoms with van der Waals surface area (Å²) in [6, 6.07) is 17.8. The number of carbonyl (C=O) groups excluding carboxylic acids is 1. The summed E-state index contributed by atoms with van der Waals surface area (Å²) in [5, 5.41) is 6.61. The third kappa shape index (κ3) is 3.75. The molecule has 40 heavy (non-hydrogen) atoms. The molecule has 12 heteroatoms. The van der Waals surface area contributed by atoms with E-state index < -0.39 is 24.3 Å². The Morgan fingerprint density at radius 2 is 1.82 bits per heavy atom. The number of carbonyl (C=O) groups is 1. The molecule has 1 aliphatic rings. The second-order valence-corrected chi connectivity index (χ2v) is 9.31. The monoisotopic (exact) mass is 542 g/mol. The van der Waals surface area contributed by atoms with Gasteiger partial charge in [-0.15, -0.1) is 8.78 Å². The van der Waals surface area contributed by atoms with Gasteiger partial charge in [-0.1, -0.05) is 24.3 Å². The molecule has 1 amide bonds. The smallest absolute Gasteiger partial charge is 0.395 e. The van der Waals surface area contributed by atoms with Gasteiger partial charge >= 0.3 is 6.29 Å². The van der Waals surface area contributed by atoms with Crippen molar-refractivity contribution in [3.8, 4) is 22.8 Å². The normalized spacial score (nSPS) is 13.9. The van der Waals surface area contributed by atoms with Crippen LogP contribution in [0.1, 0.15) is 6.92 Å². The first-order chi connectivity index (χ1) is 19.3. The molecule has 10 nitrogen and oxygen atoms in total. The Labute approximate surface area is 223 Å². The van der Waals surface area contributed by atoms with Crippen LogP contribution in [0.3, 0.4) is 0 Å². The standard InChI is InChI=1S/C28H20F2N6O4/c1-2-35(16-8-10-21-22(12-16)40-28(29,30)39-21)23(37)13-36-27(38)26-25(31-14-32-26)24(34-36)15-7-9-20-18(11-15)17-5-3-4-6-19(17)33-20/h3-12,14,33H,2,13H2,1H3,(H,31,32). The van der Waals surface area contributed by atoms with E-state index in [9.17, 15) is 18.4 Å². The van der Waals surface area contributed by atoms with E-state index in [2.05, 4.69) is 29.5 Å². The molecular weight excluding hydrogens is 522 g/mol. The van der Waals surface area contributed by atoms with Crippen molar-refractivity contribution in [2.45, 2.75) is 19.8 Å². The molecule has 2 N–H and O–H groups in total. The largest absolute Gasteiger partial charge is 0.586 e. The predicted molar refractivity (Wildman–Crippen MR) is 144 cm³/mol. The van der Waals surface area contributed by atoms with E-state index in [4.69, 9.17) is 0 Å². The zero-order valence-electron chi connectivity index (χ0n) is 20.9. The third-order valence-electron chi connectivity index (χ3n) is 6.91. The van der Waals surface area contributed by atoms with Crippen LogP contribution >= 0.6 is 0 Å². The molecule has 1 aliphatic heterocycles. The fourth-order valence-electron chi connectivity index (χ4n) is 5.10. The van der Waals surface area contributed by atoms with Gasteiger partial charge in [-0.25, -0.2) is 9.67 Å². The Kier molecular flexibility index (Phi) is 5.14. The van der Waals surface area contributed by atoms with Crippen LogP contribution in [0.5, 0.6) is 11.5 Å². The maximum atomic E-state index is 13.5. The van der Waals surface area contributed by atoms with Crippen LogP contribution < -0.4 is 19.9 Å². The molecule has 0 saturated heterocycles. The second kappa shape index (κ2) is 8.63. The van der Waals surface area contributed by atoms with Crippen LogP contribution in [-0.4, -0.2) is 43.5 Å². The van der Waals surface area contributed by atoms with Gasteiger partial charge < -0.3 is 24.3 Å². The van der Waals surface area contributed by atoms with Crippen LogP contribution in [0.15, 0.2) is 71.8 Å². The van der Waals surface area contributed by atoms with Gasteiger partial charge in [0, 0.05) is 45.7 Å². The van der Waals surface area contributed by atoms with Gasteiger partial charge in [-0.05, 0) is 37.3 Å². The van der Waals surface area contributed by atoms with Crippen molar-refractivity contribution in [2.75, 3.05) is 11.4 Å². The number of imidazole rings is 1. The molecule has 3 aromatic carbocycles. The first kappa shape index (κ1) is 23.8. The highest BCUT2D eigenvalue weighted by Crippen LogP contribution is 2.43. The molecule has 6 aromatic rings. The first-order valence-electron chi connectivity index (χ1n) is 12.5. The lowest BCUT2D eigenvalue weighted by Gasteiger charge is -2.21. The Morgan fingerprint density at radius 1 is 1.02 bits per heavy atom. The number of nitrogens with one attached hydrogen (secondary N) is 2. The summed E-state index contributed by atoms with van der Waals surface area (Å²) in [4.78, 5) is 38.6. The molecule has 0 spiro atoms. The summed E-state index contributed by atoms with van der Waals surface area (Å²) in [7, 11) is 0. The highest BCUT2D eigenvalue weighted by Gasteiger charge is 2.43. The first-order valence-corrected chi connectivity index (χ1v) is 12.5. The van der Waals surface area contributed by atoms with E-state index in [0.717, 1.165) is 32.1 Å². The van der Waals surface area contributed by atoms with E-state index in [0.29, 0.717) is 16.9 Å². The number of para-hydroxylation sites is 1. The number of H-pyrrole nitrogens is 2. The summed E-state index contributed by atoms with van der Waals surface area (Å²) in [6.07, 6.45) is -2.36. The number of halogens is 2. The number of nitrogens with zero attached hydrogens (tertiary/aromatic N) is 4. The van der Waals surface area contributed by atoms with Crippen LogP contribution in [-0.2, 0) is 11.3 Å². The molecule has 0 unspecified atom stereocenters. The van der Waals surface area contributed by atoms with Gasteiger partial charge in [-0.3, -0.25) is 9.59 Å². The summed E-state index contributed by atoms with van der Waals surface area (Å²) in [6.45, 7) is 1.53. The number of fused-ring (bicyclic) bond motifs is 5. The Morgan fingerprint density at radius 3 is 2.67 bits per heavy atom. The fraction of sp³-hybridized carbons (Fsp3) is 0.143. The van der Waals surface area contributed by atoms with Crippen molar-refractivity contribution in [1.82, 2.24) is 24.7 Å². The number of benzene rings is 3. The minimum absolute atomic E-state index is 0.129. The van der Waals surface area contributed by atoms with Gasteiger partial charge in [0.05, 0.1) is 11.8 Å². The predicted octanol–water partition coefficient (Wildman–Crippen LogP) is 4.80. The minimum Gasteiger partial charge on any atom is -0.395 e. The van der Waals surface area contributed by atoms with Gasteiger partial charge in [0.2, 0.25) is 5.91 Å². The molecule has 7 rings (SSSR count). The van der Waals surface area contributed by atoms with E-state index in [-0.39, 0.29) is 23.6 Å². The number of amides is 1. The average Bonchev–Trinajstić information content (AvgIpc) is 3.64. The van der Waals surface area contributed by atoms with E-state index in [1.165, 1.54) is 29.4 Å². The highest BCUT2D eigenvalue weighted by atomic mass is 19.3. The molecule has 0 radical (unpaired) electrons. The highest BCUT2D eigenvalue weighted by molar-refractivity contribution is 6.09. The third-order valence-corrected chi connectivity index (χ3v) is 6.91. The molecule has 0 bridgehead atoms. The number of alkyl halides is 2. The van der Waals surface area contributed by atoms with E-state index in [1.807, 2.05) is 42.5 Å². The molecular formula is C28H20F2N6O4. The lowest BCUT2D eigenvalue weighted by molar-refractivity contribution is -0.286. The van der Waals surface area contributed by atoms with Crippen molar-refractivity contribution in [3.63, 3.8) is 0 Å². The number of aromatic amines is 2. The van der Waals surface area contributed by atoms with Crippen LogP contribution in [0.25, 0.3) is 44.1 Å². The van der Waals surface area contributed by atoms with Crippen LogP contribution in [0, 0.1) is 0 Å². The van der Waals surface area contributed by atoms with Crippen LogP contribution in [0.2, 0.25) is 0 Å². The summed E-state index contributed by atoms with van der Waals surface area (Å²) >= 11 is 0. The quantitative estimate of drug-likeness (QED) is 0.323. The fourth-order valence-corrected chi connectivity index (χ4v) is 5.10. The molecule has 0 saturated carbocycles. The maximum absolute atomic E-state index is 13.5. The molecule has 0 fully saturated rings. The lowest BCUT2D eigenvalue weighted by Crippen LogP contribution is -2.37. The number of rotatable bonds is 5. The van der Waals surface area contributed by atoms with Crippen molar-refractivity contribution in [3.05, 3.63) is 77.3 Å². The van der Waals surface area contributed by atoms with Gasteiger partial charge in [-0.2, -0.15) is 5.10 Å². The van der Waals surface area contributed by atoms with E-state index >= 15 is 0 Å². The SMILES string of the molecule is CCN(C(=O)Cn1nc(-c2ccc3[nH]c4ccccc4c3c2)c2[nH]cnc2c1=O)c1ccc2c(c1)OC(F)(F)O2. The Bertz CT molecular complexity index is 2030. The lowest BCUT2D eigenvalue weighted by atomic mass is 10.1. The molecule has 4 heterocycles. The number of ether oxygens (including phenoxy) is 2. The molecule has 200 valence electrons. The topological polar surface area (TPSA) is 118 Å². The van der Waals surface area contributed by atoms with Gasteiger partial charge in [0.15, 0.2) is 17.0 Å². The molecule has 0 atom stereocenters. The van der Waals surface area contributed by atoms with Crippen molar-refractivity contribution in [1.29, 1.82) is 0 Å². The Balaban J connectivity index is 1.27. The van der Waals surface area contributed by atoms with Crippen molar-refractivity contribution in [2.24, 2.45) is 0 Å². The number of hydrogen-bond acceptors (Lipinski definition) is 6. The summed E-state index contributed by atoms with van der Waals surface area (Å²) in [5.74, 6) is -0.788. The zero-order chi connectivity index (χ0) is 27.6. The minimum atomic E-state index is -3.77. The van der Waals surface area contributed by atoms with Gasteiger partial charge in [0.25, 0.3) is 5.56 Å². The Hall–Kier alpha value is -5.26. The van der Waals surface area contributed by atoms with Crippen molar-refractivity contribution >= 4 is 44.4 Å². The summed E-state index contributed by atoms with van der Waals surface area (Å²) < 4.78 is 37.0. The second-order valence-electron chi connectivity index (χ2n) is 9.31. The van der Waals surface area contributed by atoms with E-state index in [1.54, 1.807) is 6.92 Å².